The molecule has 0 bridgehead atoms. The van der Waals surface area contributed by atoms with Crippen LogP contribution < -0.4 is 10.2 Å². The first-order chi connectivity index (χ1) is 11.4. The average Bonchev–Trinajstić information content (AvgIpc) is 3.30. The molecule has 1 saturated carbocycles. The van der Waals surface area contributed by atoms with Gasteiger partial charge in [-0.1, -0.05) is 0 Å². The van der Waals surface area contributed by atoms with Crippen molar-refractivity contribution in [3.63, 3.8) is 0 Å². The molecular formula is C17H25N5OS. The maximum atomic E-state index is 12.4. The van der Waals surface area contributed by atoms with Crippen molar-refractivity contribution in [1.29, 1.82) is 5.26 Å². The zero-order valence-corrected chi connectivity index (χ0v) is 15.4. The molecule has 2 fully saturated rings. The first-order valence-corrected chi connectivity index (χ1v) is 9.42. The molecule has 1 amide bonds. The number of thiazole rings is 1. The second-order valence-corrected chi connectivity index (χ2v) is 8.02. The summed E-state index contributed by atoms with van der Waals surface area (Å²) in [5, 5.41) is 15.4. The fourth-order valence-electron chi connectivity index (χ4n) is 3.35. The Bertz CT molecular complexity index is 650. The highest BCUT2D eigenvalue weighted by Crippen LogP contribution is 2.39. The molecule has 2 atom stereocenters. The Morgan fingerprint density at radius 1 is 1.54 bits per heavy atom. The Morgan fingerprint density at radius 2 is 2.29 bits per heavy atom. The topological polar surface area (TPSA) is 72.3 Å². The minimum Gasteiger partial charge on any atom is -0.343 e. The monoisotopic (exact) mass is 347 g/mol. The molecule has 2 aliphatic rings. The van der Waals surface area contributed by atoms with Gasteiger partial charge in [0.05, 0.1) is 18.3 Å². The third-order valence-electron chi connectivity index (χ3n) is 4.96. The minimum absolute atomic E-state index is 0.0447. The Hall–Kier alpha value is -1.65. The average molecular weight is 347 g/mol. The maximum Gasteiger partial charge on any atom is 0.235 e. The first-order valence-electron chi connectivity index (χ1n) is 8.54. The lowest BCUT2D eigenvalue weighted by molar-refractivity contribution is -0.123. The van der Waals surface area contributed by atoms with Gasteiger partial charge in [-0.2, -0.15) is 5.26 Å². The van der Waals surface area contributed by atoms with Crippen LogP contribution in [0.5, 0.6) is 0 Å². The van der Waals surface area contributed by atoms with Crippen molar-refractivity contribution in [2.75, 3.05) is 31.1 Å². The van der Waals surface area contributed by atoms with Crippen LogP contribution in [0.25, 0.3) is 0 Å². The Kier molecular flexibility index (Phi) is 4.79. The van der Waals surface area contributed by atoms with Crippen LogP contribution >= 0.6 is 11.3 Å². The van der Waals surface area contributed by atoms with Gasteiger partial charge >= 0.3 is 0 Å². The van der Waals surface area contributed by atoms with E-state index in [4.69, 9.17) is 0 Å². The number of carbonyl (C=O) groups is 1. The molecule has 1 N–H and O–H groups in total. The summed E-state index contributed by atoms with van der Waals surface area (Å²) in [6, 6.07) is 2.60. The summed E-state index contributed by atoms with van der Waals surface area (Å²) >= 11 is 1.68. The lowest BCUT2D eigenvalue weighted by Crippen LogP contribution is -2.56. The van der Waals surface area contributed by atoms with E-state index in [0.717, 1.165) is 43.3 Å². The number of rotatable bonds is 5. The van der Waals surface area contributed by atoms with Gasteiger partial charge < -0.3 is 10.2 Å². The third kappa shape index (κ3) is 3.70. The second kappa shape index (κ2) is 6.69. The van der Waals surface area contributed by atoms with Gasteiger partial charge in [0, 0.05) is 31.1 Å². The molecule has 3 rings (SSSR count). The van der Waals surface area contributed by atoms with Crippen molar-refractivity contribution in [2.45, 2.75) is 45.2 Å². The highest BCUT2D eigenvalue weighted by molar-refractivity contribution is 7.13. The zero-order valence-electron chi connectivity index (χ0n) is 14.6. The van der Waals surface area contributed by atoms with Gasteiger partial charge in [-0.3, -0.25) is 9.69 Å². The molecule has 0 spiro atoms. The van der Waals surface area contributed by atoms with Crippen molar-refractivity contribution in [3.8, 4) is 6.07 Å². The van der Waals surface area contributed by atoms with Crippen LogP contribution in [0.15, 0.2) is 5.38 Å². The Balaban J connectivity index is 1.52. The predicted molar refractivity (Wildman–Crippen MR) is 95.0 cm³/mol. The zero-order chi connectivity index (χ0) is 17.3. The highest BCUT2D eigenvalue weighted by Gasteiger charge is 2.43. The number of nitriles is 1. The highest BCUT2D eigenvalue weighted by atomic mass is 32.1. The van der Waals surface area contributed by atoms with Crippen molar-refractivity contribution < 1.29 is 4.79 Å². The quantitative estimate of drug-likeness (QED) is 0.879. The fraction of sp³-hybridized carbons (Fsp3) is 0.706. The van der Waals surface area contributed by atoms with Gasteiger partial charge in [-0.05, 0) is 39.5 Å². The number of aromatic nitrogens is 1. The van der Waals surface area contributed by atoms with Gasteiger partial charge in [0.1, 0.15) is 5.54 Å². The van der Waals surface area contributed by atoms with E-state index in [-0.39, 0.29) is 5.91 Å². The van der Waals surface area contributed by atoms with Crippen LogP contribution in [0.2, 0.25) is 0 Å². The van der Waals surface area contributed by atoms with E-state index in [0.29, 0.717) is 18.5 Å². The summed E-state index contributed by atoms with van der Waals surface area (Å²) in [5.74, 6) is 0.270. The van der Waals surface area contributed by atoms with Crippen molar-refractivity contribution in [1.82, 2.24) is 15.2 Å². The molecule has 2 heterocycles. The number of anilines is 1. The molecule has 1 aliphatic heterocycles. The van der Waals surface area contributed by atoms with Crippen molar-refractivity contribution in [3.05, 3.63) is 11.1 Å². The number of aryl methyl sites for hydroxylation is 1. The van der Waals surface area contributed by atoms with E-state index < -0.39 is 5.54 Å². The molecule has 7 heteroatoms. The van der Waals surface area contributed by atoms with Crippen molar-refractivity contribution >= 4 is 22.4 Å². The Morgan fingerprint density at radius 3 is 2.83 bits per heavy atom. The van der Waals surface area contributed by atoms with E-state index in [1.165, 1.54) is 0 Å². The summed E-state index contributed by atoms with van der Waals surface area (Å²) in [6.07, 6.45) is 2.07. The number of hydrogen-bond donors (Lipinski definition) is 1. The van der Waals surface area contributed by atoms with E-state index in [1.54, 1.807) is 11.3 Å². The summed E-state index contributed by atoms with van der Waals surface area (Å²) in [4.78, 5) is 21.4. The van der Waals surface area contributed by atoms with Gasteiger partial charge in [-0.15, -0.1) is 11.3 Å². The molecular weight excluding hydrogens is 322 g/mol. The number of amides is 1. The van der Waals surface area contributed by atoms with Crippen LogP contribution in [0, 0.1) is 24.2 Å². The second-order valence-electron chi connectivity index (χ2n) is 7.19. The van der Waals surface area contributed by atoms with Gasteiger partial charge in [0.15, 0.2) is 5.13 Å². The number of hydrogen-bond acceptors (Lipinski definition) is 6. The summed E-state index contributed by atoms with van der Waals surface area (Å²) in [5.41, 5.74) is 0.350. The van der Waals surface area contributed by atoms with E-state index in [2.05, 4.69) is 38.5 Å². The van der Waals surface area contributed by atoms with E-state index in [9.17, 15) is 10.1 Å². The number of nitrogens with zero attached hydrogens (tertiary/aromatic N) is 4. The number of nitrogens with one attached hydrogen (secondary N) is 1. The van der Waals surface area contributed by atoms with Gasteiger partial charge in [-0.25, -0.2) is 4.98 Å². The SMILES string of the molecule is Cc1csc(N2CCN(CC(=O)N[C@](C)(C#N)C3CC3)C[C@@H]2C)n1. The Labute approximate surface area is 147 Å². The lowest BCUT2D eigenvalue weighted by atomic mass is 9.98. The molecule has 1 aromatic heterocycles. The van der Waals surface area contributed by atoms with Crippen LogP contribution in [-0.4, -0.2) is 53.6 Å². The van der Waals surface area contributed by atoms with Crippen molar-refractivity contribution in [2.24, 2.45) is 5.92 Å². The third-order valence-corrected chi connectivity index (χ3v) is 5.95. The lowest BCUT2D eigenvalue weighted by Gasteiger charge is -2.39. The molecule has 130 valence electrons. The number of carbonyl (C=O) groups excluding carboxylic acids is 1. The number of piperazine rings is 1. The summed E-state index contributed by atoms with van der Waals surface area (Å²) in [7, 11) is 0. The first kappa shape index (κ1) is 17.2. The predicted octanol–water partition coefficient (Wildman–Crippen LogP) is 1.77. The maximum absolute atomic E-state index is 12.4. The van der Waals surface area contributed by atoms with Crippen LogP contribution in [0.1, 0.15) is 32.4 Å². The molecule has 0 aromatic carbocycles. The minimum atomic E-state index is -0.705. The largest absolute Gasteiger partial charge is 0.343 e. The smallest absolute Gasteiger partial charge is 0.235 e. The van der Waals surface area contributed by atoms with Crippen LogP contribution in [0.4, 0.5) is 5.13 Å². The van der Waals surface area contributed by atoms with Crippen LogP contribution in [0.3, 0.4) is 0 Å². The van der Waals surface area contributed by atoms with E-state index >= 15 is 0 Å². The molecule has 1 saturated heterocycles. The summed E-state index contributed by atoms with van der Waals surface area (Å²) < 4.78 is 0. The van der Waals surface area contributed by atoms with Crippen LogP contribution in [-0.2, 0) is 4.79 Å². The standard InChI is InChI=1S/C17H25N5OS/c1-12-10-24-16(19-12)22-7-6-21(8-13(22)2)9-15(23)20-17(3,11-18)14-4-5-14/h10,13-14H,4-9H2,1-3H3,(H,20,23)/t13-,17+/m0/s1. The fourth-order valence-corrected chi connectivity index (χ4v) is 4.28. The van der Waals surface area contributed by atoms with E-state index in [1.807, 2.05) is 13.8 Å². The molecule has 24 heavy (non-hydrogen) atoms. The van der Waals surface area contributed by atoms with Gasteiger partial charge in [0.2, 0.25) is 5.91 Å². The summed E-state index contributed by atoms with van der Waals surface area (Å²) in [6.45, 7) is 8.93. The molecule has 1 aliphatic carbocycles. The molecule has 1 aromatic rings. The normalized spacial score (nSPS) is 24.2. The molecule has 0 radical (unpaired) electrons. The molecule has 6 nitrogen and oxygen atoms in total. The molecule has 0 unspecified atom stereocenters. The van der Waals surface area contributed by atoms with Gasteiger partial charge in [0.25, 0.3) is 0 Å².